The van der Waals surface area contributed by atoms with E-state index in [1.807, 2.05) is 0 Å². The Morgan fingerprint density at radius 2 is 1.96 bits per heavy atom. The summed E-state index contributed by atoms with van der Waals surface area (Å²) in [6, 6.07) is 8.79. The van der Waals surface area contributed by atoms with Gasteiger partial charge in [0, 0.05) is 44.3 Å². The van der Waals surface area contributed by atoms with Gasteiger partial charge in [-0.25, -0.2) is 0 Å². The van der Waals surface area contributed by atoms with Crippen molar-refractivity contribution in [2.45, 2.75) is 32.6 Å². The van der Waals surface area contributed by atoms with Crippen molar-refractivity contribution in [1.29, 1.82) is 0 Å². The molecule has 0 bridgehead atoms. The van der Waals surface area contributed by atoms with Crippen LogP contribution in [-0.4, -0.2) is 50.1 Å². The van der Waals surface area contributed by atoms with Crippen LogP contribution >= 0.6 is 0 Å². The highest BCUT2D eigenvalue weighted by molar-refractivity contribution is 5.80. The molecule has 1 saturated carbocycles. The molecule has 1 aromatic carbocycles. The minimum atomic E-state index is 0.275. The number of anilines is 1. The summed E-state index contributed by atoms with van der Waals surface area (Å²) in [5, 5.41) is 3.05. The van der Waals surface area contributed by atoms with Gasteiger partial charge in [0.15, 0.2) is 0 Å². The monoisotopic (exact) mass is 315 g/mol. The van der Waals surface area contributed by atoms with Crippen molar-refractivity contribution in [2.24, 2.45) is 5.92 Å². The number of nitrogens with one attached hydrogen (secondary N) is 1. The number of piperazine rings is 1. The zero-order valence-corrected chi connectivity index (χ0v) is 14.3. The molecule has 1 amide bonds. The van der Waals surface area contributed by atoms with Crippen molar-refractivity contribution in [3.8, 4) is 0 Å². The minimum Gasteiger partial charge on any atom is -0.369 e. The second kappa shape index (κ2) is 7.82. The molecule has 1 saturated heterocycles. The van der Waals surface area contributed by atoms with Crippen LogP contribution in [0.2, 0.25) is 0 Å². The Kier molecular flexibility index (Phi) is 5.55. The third kappa shape index (κ3) is 4.96. The van der Waals surface area contributed by atoms with E-state index in [1.54, 1.807) is 0 Å². The molecule has 4 nitrogen and oxygen atoms in total. The summed E-state index contributed by atoms with van der Waals surface area (Å²) in [6.45, 7) is 8.66. The smallest absolute Gasteiger partial charge is 0.223 e. The van der Waals surface area contributed by atoms with Gasteiger partial charge in [-0.1, -0.05) is 12.1 Å². The largest absolute Gasteiger partial charge is 0.369 e. The highest BCUT2D eigenvalue weighted by Gasteiger charge is 2.28. The lowest BCUT2D eigenvalue weighted by Gasteiger charge is -2.36. The van der Waals surface area contributed by atoms with Crippen molar-refractivity contribution < 1.29 is 4.79 Å². The lowest BCUT2D eigenvalue weighted by Crippen LogP contribution is -2.46. The average Bonchev–Trinajstić information content (AvgIpc) is 3.40. The fraction of sp³-hybridized carbons (Fsp3) is 0.632. The van der Waals surface area contributed by atoms with Crippen LogP contribution in [0, 0.1) is 12.8 Å². The molecule has 4 heteroatoms. The molecule has 0 aromatic heterocycles. The van der Waals surface area contributed by atoms with Gasteiger partial charge in [-0.15, -0.1) is 0 Å². The molecule has 23 heavy (non-hydrogen) atoms. The van der Waals surface area contributed by atoms with Gasteiger partial charge < -0.3 is 10.2 Å². The number of carbonyl (C=O) groups is 1. The maximum absolute atomic E-state index is 11.5. The maximum atomic E-state index is 11.5. The SMILES string of the molecule is Cc1cccc(N2CCN(CCCCNC(=O)C3CC3)CC2)c1. The lowest BCUT2D eigenvalue weighted by molar-refractivity contribution is -0.122. The van der Waals surface area contributed by atoms with Crippen LogP contribution in [0.1, 0.15) is 31.2 Å². The van der Waals surface area contributed by atoms with E-state index in [1.165, 1.54) is 17.7 Å². The molecular formula is C19H29N3O. The van der Waals surface area contributed by atoms with Crippen molar-refractivity contribution in [3.05, 3.63) is 29.8 Å². The van der Waals surface area contributed by atoms with Crippen LogP contribution in [0.3, 0.4) is 0 Å². The van der Waals surface area contributed by atoms with Gasteiger partial charge in [0.1, 0.15) is 0 Å². The van der Waals surface area contributed by atoms with Gasteiger partial charge in [-0.05, 0) is 56.8 Å². The number of amides is 1. The van der Waals surface area contributed by atoms with Crippen LogP contribution in [0.25, 0.3) is 0 Å². The molecule has 2 fully saturated rings. The van der Waals surface area contributed by atoms with Gasteiger partial charge in [0.05, 0.1) is 0 Å². The number of aryl methyl sites for hydroxylation is 1. The second-order valence-corrected chi connectivity index (χ2v) is 6.94. The number of rotatable bonds is 7. The molecule has 0 unspecified atom stereocenters. The van der Waals surface area contributed by atoms with Gasteiger partial charge in [0.25, 0.3) is 0 Å². The minimum absolute atomic E-state index is 0.275. The summed E-state index contributed by atoms with van der Waals surface area (Å²) in [7, 11) is 0. The zero-order valence-electron chi connectivity index (χ0n) is 14.3. The number of hydrogen-bond donors (Lipinski definition) is 1. The summed E-state index contributed by atoms with van der Waals surface area (Å²) in [4.78, 5) is 16.6. The Bertz CT molecular complexity index is 519. The van der Waals surface area contributed by atoms with E-state index >= 15 is 0 Å². The first-order valence-corrected chi connectivity index (χ1v) is 9.04. The molecule has 0 spiro atoms. The summed E-state index contributed by atoms with van der Waals surface area (Å²) in [6.07, 6.45) is 4.46. The summed E-state index contributed by atoms with van der Waals surface area (Å²) in [5.74, 6) is 0.612. The molecule has 126 valence electrons. The summed E-state index contributed by atoms with van der Waals surface area (Å²) < 4.78 is 0. The maximum Gasteiger partial charge on any atom is 0.223 e. The third-order valence-corrected chi connectivity index (χ3v) is 4.89. The molecule has 1 aliphatic carbocycles. The quantitative estimate of drug-likeness (QED) is 0.785. The lowest BCUT2D eigenvalue weighted by atomic mass is 10.2. The molecular weight excluding hydrogens is 286 g/mol. The van der Waals surface area contributed by atoms with Gasteiger partial charge in [-0.3, -0.25) is 9.69 Å². The van der Waals surface area contributed by atoms with Crippen molar-refractivity contribution in [1.82, 2.24) is 10.2 Å². The van der Waals surface area contributed by atoms with E-state index in [-0.39, 0.29) is 5.91 Å². The van der Waals surface area contributed by atoms with Crippen LogP contribution in [0.15, 0.2) is 24.3 Å². The predicted molar refractivity (Wildman–Crippen MR) is 94.8 cm³/mol. The molecule has 0 atom stereocenters. The Labute approximate surface area is 139 Å². The van der Waals surface area contributed by atoms with Gasteiger partial charge >= 0.3 is 0 Å². The first kappa shape index (κ1) is 16.3. The molecule has 2 aliphatic rings. The Hall–Kier alpha value is -1.55. The topological polar surface area (TPSA) is 35.6 Å². The average molecular weight is 315 g/mol. The fourth-order valence-corrected chi connectivity index (χ4v) is 3.22. The summed E-state index contributed by atoms with van der Waals surface area (Å²) >= 11 is 0. The van der Waals surface area contributed by atoms with Crippen molar-refractivity contribution in [2.75, 3.05) is 44.2 Å². The number of nitrogens with zero attached hydrogens (tertiary/aromatic N) is 2. The second-order valence-electron chi connectivity index (χ2n) is 6.94. The highest BCUT2D eigenvalue weighted by atomic mass is 16.2. The van der Waals surface area contributed by atoms with E-state index < -0.39 is 0 Å². The normalized spacial score (nSPS) is 18.9. The first-order valence-electron chi connectivity index (χ1n) is 9.04. The molecule has 1 aliphatic heterocycles. The van der Waals surface area contributed by atoms with E-state index in [2.05, 4.69) is 46.3 Å². The molecule has 0 radical (unpaired) electrons. The van der Waals surface area contributed by atoms with Crippen LogP contribution in [0.5, 0.6) is 0 Å². The number of hydrogen-bond acceptors (Lipinski definition) is 3. The van der Waals surface area contributed by atoms with Gasteiger partial charge in [0.2, 0.25) is 5.91 Å². The van der Waals surface area contributed by atoms with Crippen LogP contribution in [-0.2, 0) is 4.79 Å². The standard InChI is InChI=1S/C19H29N3O/c1-16-5-4-6-18(15-16)22-13-11-21(12-14-22)10-3-2-9-20-19(23)17-7-8-17/h4-6,15,17H,2-3,7-14H2,1H3,(H,20,23). The van der Waals surface area contributed by atoms with Crippen LogP contribution < -0.4 is 10.2 Å². The summed E-state index contributed by atoms with van der Waals surface area (Å²) in [5.41, 5.74) is 2.69. The van der Waals surface area contributed by atoms with Gasteiger partial charge in [-0.2, -0.15) is 0 Å². The number of unbranched alkanes of at least 4 members (excludes halogenated alkanes) is 1. The molecule has 1 heterocycles. The number of benzene rings is 1. The third-order valence-electron chi connectivity index (χ3n) is 4.89. The van der Waals surface area contributed by atoms with Crippen molar-refractivity contribution >= 4 is 11.6 Å². The molecule has 3 rings (SSSR count). The Morgan fingerprint density at radius 1 is 1.17 bits per heavy atom. The van der Waals surface area contributed by atoms with Crippen molar-refractivity contribution in [3.63, 3.8) is 0 Å². The Balaban J connectivity index is 1.29. The van der Waals surface area contributed by atoms with E-state index in [0.717, 1.165) is 58.5 Å². The van der Waals surface area contributed by atoms with E-state index in [0.29, 0.717) is 5.92 Å². The Morgan fingerprint density at radius 3 is 2.65 bits per heavy atom. The number of carbonyl (C=O) groups excluding carboxylic acids is 1. The zero-order chi connectivity index (χ0) is 16.1. The molecule has 1 aromatic rings. The predicted octanol–water partition coefficient (Wildman–Crippen LogP) is 2.42. The highest BCUT2D eigenvalue weighted by Crippen LogP contribution is 2.28. The van der Waals surface area contributed by atoms with E-state index in [9.17, 15) is 4.79 Å². The molecule has 1 N–H and O–H groups in total. The first-order chi connectivity index (χ1) is 11.2. The van der Waals surface area contributed by atoms with E-state index in [4.69, 9.17) is 0 Å². The van der Waals surface area contributed by atoms with Crippen LogP contribution in [0.4, 0.5) is 5.69 Å². The fourth-order valence-electron chi connectivity index (χ4n) is 3.22.